The second-order valence-electron chi connectivity index (χ2n) is 4.69. The van der Waals surface area contributed by atoms with Crippen LogP contribution in [0.3, 0.4) is 0 Å². The number of carbonyl (C=O) groups excluding carboxylic acids is 1. The number of rotatable bonds is 3. The zero-order valence-corrected chi connectivity index (χ0v) is 12.8. The van der Waals surface area contributed by atoms with Gasteiger partial charge in [0.25, 0.3) is 0 Å². The summed E-state index contributed by atoms with van der Waals surface area (Å²) >= 11 is 11.8. The van der Waals surface area contributed by atoms with Crippen molar-refractivity contribution in [3.8, 4) is 0 Å². The average Bonchev–Trinajstić information content (AvgIpc) is 2.40. The summed E-state index contributed by atoms with van der Waals surface area (Å²) in [5.41, 5.74) is 3.69. The molecule has 0 saturated heterocycles. The molecule has 0 unspecified atom stereocenters. The van der Waals surface area contributed by atoms with Gasteiger partial charge in [-0.2, -0.15) is 0 Å². The molecule has 0 radical (unpaired) electrons. The van der Waals surface area contributed by atoms with Crippen LogP contribution in [0.1, 0.15) is 27.0 Å². The summed E-state index contributed by atoms with van der Waals surface area (Å²) in [5, 5.41) is 0.984. The molecule has 0 aliphatic rings. The molecule has 0 amide bonds. The SMILES string of the molecule is Cc1ccc(C(=O)C=Cc2ccc(Cl)c(Cl)c2)c(C)c1. The Hall–Kier alpha value is -1.57. The van der Waals surface area contributed by atoms with Gasteiger partial charge in [-0.3, -0.25) is 4.79 Å². The third kappa shape index (κ3) is 3.50. The number of hydrogen-bond acceptors (Lipinski definition) is 1. The molecule has 0 aliphatic carbocycles. The molecular weight excluding hydrogens is 291 g/mol. The molecule has 0 heterocycles. The molecule has 0 bridgehead atoms. The van der Waals surface area contributed by atoms with Crippen molar-refractivity contribution in [3.63, 3.8) is 0 Å². The third-order valence-electron chi connectivity index (χ3n) is 3.02. The van der Waals surface area contributed by atoms with Gasteiger partial charge in [-0.1, -0.05) is 59.1 Å². The van der Waals surface area contributed by atoms with Gasteiger partial charge in [-0.05, 0) is 43.2 Å². The monoisotopic (exact) mass is 304 g/mol. The number of benzene rings is 2. The molecule has 0 saturated carbocycles. The lowest BCUT2D eigenvalue weighted by molar-refractivity contribution is 0.104. The van der Waals surface area contributed by atoms with E-state index in [4.69, 9.17) is 23.2 Å². The van der Waals surface area contributed by atoms with Crippen LogP contribution in [-0.2, 0) is 0 Å². The molecule has 20 heavy (non-hydrogen) atoms. The Morgan fingerprint density at radius 2 is 1.75 bits per heavy atom. The van der Waals surface area contributed by atoms with Crippen LogP contribution < -0.4 is 0 Å². The van der Waals surface area contributed by atoms with Gasteiger partial charge in [0.05, 0.1) is 10.0 Å². The normalized spacial score (nSPS) is 11.0. The number of allylic oxidation sites excluding steroid dienone is 1. The van der Waals surface area contributed by atoms with Crippen LogP contribution in [-0.4, -0.2) is 5.78 Å². The molecule has 3 heteroatoms. The fourth-order valence-electron chi connectivity index (χ4n) is 1.97. The number of carbonyl (C=O) groups is 1. The largest absolute Gasteiger partial charge is 0.289 e. The first-order valence-electron chi connectivity index (χ1n) is 6.22. The van der Waals surface area contributed by atoms with E-state index in [1.165, 1.54) is 0 Å². The molecule has 0 fully saturated rings. The summed E-state index contributed by atoms with van der Waals surface area (Å²) in [6.45, 7) is 3.94. The Balaban J connectivity index is 2.22. The Morgan fingerprint density at radius 1 is 1.00 bits per heavy atom. The summed E-state index contributed by atoms with van der Waals surface area (Å²) in [4.78, 5) is 12.2. The standard InChI is InChI=1S/C17H14Cl2O/c1-11-3-6-14(12(2)9-11)17(20)8-5-13-4-7-15(18)16(19)10-13/h3-10H,1-2H3. The van der Waals surface area contributed by atoms with Crippen LogP contribution in [0.25, 0.3) is 6.08 Å². The van der Waals surface area contributed by atoms with Gasteiger partial charge in [0, 0.05) is 5.56 Å². The predicted octanol–water partition coefficient (Wildman–Crippen LogP) is 5.51. The third-order valence-corrected chi connectivity index (χ3v) is 3.76. The van der Waals surface area contributed by atoms with Crippen molar-refractivity contribution in [2.45, 2.75) is 13.8 Å². The van der Waals surface area contributed by atoms with Crippen molar-refractivity contribution < 1.29 is 4.79 Å². The van der Waals surface area contributed by atoms with E-state index in [2.05, 4.69) is 0 Å². The highest BCUT2D eigenvalue weighted by atomic mass is 35.5. The van der Waals surface area contributed by atoms with Gasteiger partial charge >= 0.3 is 0 Å². The van der Waals surface area contributed by atoms with E-state index >= 15 is 0 Å². The first-order chi connectivity index (χ1) is 9.47. The second-order valence-corrected chi connectivity index (χ2v) is 5.50. The summed E-state index contributed by atoms with van der Waals surface area (Å²) in [6, 6.07) is 11.1. The van der Waals surface area contributed by atoms with Gasteiger partial charge in [0.1, 0.15) is 0 Å². The summed E-state index contributed by atoms with van der Waals surface area (Å²) in [5.74, 6) is -0.0198. The topological polar surface area (TPSA) is 17.1 Å². The van der Waals surface area contributed by atoms with Gasteiger partial charge < -0.3 is 0 Å². The van der Waals surface area contributed by atoms with Gasteiger partial charge in [-0.15, -0.1) is 0 Å². The first kappa shape index (κ1) is 14.8. The van der Waals surface area contributed by atoms with Crippen LogP contribution in [0.5, 0.6) is 0 Å². The molecule has 2 rings (SSSR count). The second kappa shape index (κ2) is 6.25. The van der Waals surface area contributed by atoms with Crippen molar-refractivity contribution in [1.82, 2.24) is 0 Å². The van der Waals surface area contributed by atoms with Crippen molar-refractivity contribution in [1.29, 1.82) is 0 Å². The number of hydrogen-bond donors (Lipinski definition) is 0. The Kier molecular flexibility index (Phi) is 4.64. The Labute approximate surface area is 128 Å². The molecule has 102 valence electrons. The highest BCUT2D eigenvalue weighted by molar-refractivity contribution is 6.42. The number of halogens is 2. The maximum atomic E-state index is 12.2. The minimum atomic E-state index is -0.0198. The smallest absolute Gasteiger partial charge is 0.186 e. The maximum absolute atomic E-state index is 12.2. The van der Waals surface area contributed by atoms with Crippen molar-refractivity contribution in [2.24, 2.45) is 0 Å². The molecule has 2 aromatic carbocycles. The Bertz CT molecular complexity index is 687. The molecule has 0 spiro atoms. The van der Waals surface area contributed by atoms with E-state index in [9.17, 15) is 4.79 Å². The molecule has 0 aliphatic heterocycles. The molecule has 0 atom stereocenters. The summed E-state index contributed by atoms with van der Waals surface area (Å²) < 4.78 is 0. The highest BCUT2D eigenvalue weighted by Crippen LogP contribution is 2.23. The number of aryl methyl sites for hydroxylation is 2. The fraction of sp³-hybridized carbons (Fsp3) is 0.118. The average molecular weight is 305 g/mol. The molecule has 0 N–H and O–H groups in total. The van der Waals surface area contributed by atoms with Crippen molar-refractivity contribution in [3.05, 3.63) is 74.8 Å². The number of ketones is 1. The van der Waals surface area contributed by atoms with E-state index in [-0.39, 0.29) is 5.78 Å². The highest BCUT2D eigenvalue weighted by Gasteiger charge is 2.05. The van der Waals surface area contributed by atoms with Crippen LogP contribution in [0.15, 0.2) is 42.5 Å². The van der Waals surface area contributed by atoms with Crippen molar-refractivity contribution in [2.75, 3.05) is 0 Å². The first-order valence-corrected chi connectivity index (χ1v) is 6.97. The lowest BCUT2D eigenvalue weighted by Gasteiger charge is -2.03. The van der Waals surface area contributed by atoms with Crippen LogP contribution in [0.2, 0.25) is 10.0 Å². The van der Waals surface area contributed by atoms with Crippen molar-refractivity contribution >= 4 is 35.1 Å². The van der Waals surface area contributed by atoms with E-state index < -0.39 is 0 Å². The van der Waals surface area contributed by atoms with Crippen LogP contribution in [0, 0.1) is 13.8 Å². The predicted molar refractivity (Wildman–Crippen MR) is 85.7 cm³/mol. The van der Waals surface area contributed by atoms with Crippen LogP contribution >= 0.6 is 23.2 Å². The van der Waals surface area contributed by atoms with Gasteiger partial charge in [-0.25, -0.2) is 0 Å². The minimum absolute atomic E-state index is 0.0198. The quantitative estimate of drug-likeness (QED) is 0.540. The molecule has 0 aromatic heterocycles. The zero-order valence-electron chi connectivity index (χ0n) is 11.3. The lowest BCUT2D eigenvalue weighted by Crippen LogP contribution is -1.97. The fourth-order valence-corrected chi connectivity index (χ4v) is 2.27. The summed E-state index contributed by atoms with van der Waals surface area (Å²) in [6.07, 6.45) is 3.29. The minimum Gasteiger partial charge on any atom is -0.289 e. The Morgan fingerprint density at radius 3 is 2.40 bits per heavy atom. The van der Waals surface area contributed by atoms with E-state index in [0.717, 1.165) is 16.7 Å². The lowest BCUT2D eigenvalue weighted by atomic mass is 10.0. The van der Waals surface area contributed by atoms with E-state index in [1.54, 1.807) is 24.3 Å². The van der Waals surface area contributed by atoms with E-state index in [0.29, 0.717) is 15.6 Å². The van der Waals surface area contributed by atoms with Crippen LogP contribution in [0.4, 0.5) is 0 Å². The van der Waals surface area contributed by atoms with Gasteiger partial charge in [0.15, 0.2) is 5.78 Å². The summed E-state index contributed by atoms with van der Waals surface area (Å²) in [7, 11) is 0. The molecule has 1 nitrogen and oxygen atoms in total. The zero-order chi connectivity index (χ0) is 14.7. The maximum Gasteiger partial charge on any atom is 0.186 e. The van der Waals surface area contributed by atoms with Gasteiger partial charge in [0.2, 0.25) is 0 Å². The molecular formula is C17H14Cl2O. The molecule has 2 aromatic rings. The van der Waals surface area contributed by atoms with E-state index in [1.807, 2.05) is 38.1 Å².